The van der Waals surface area contributed by atoms with Gasteiger partial charge in [0, 0.05) is 5.56 Å². The number of para-hydroxylation sites is 1. The van der Waals surface area contributed by atoms with Crippen molar-refractivity contribution in [2.24, 2.45) is 0 Å². The zero-order valence-corrected chi connectivity index (χ0v) is 11.2. The molecule has 102 valence electrons. The van der Waals surface area contributed by atoms with Gasteiger partial charge in [-0.2, -0.15) is 0 Å². The van der Waals surface area contributed by atoms with Gasteiger partial charge in [-0.1, -0.05) is 42.5 Å². The van der Waals surface area contributed by atoms with Crippen LogP contribution in [0.15, 0.2) is 48.5 Å². The Morgan fingerprint density at radius 2 is 1.90 bits per heavy atom. The van der Waals surface area contributed by atoms with Gasteiger partial charge in [-0.15, -0.1) is 0 Å². The van der Waals surface area contributed by atoms with Crippen LogP contribution in [0.25, 0.3) is 0 Å². The van der Waals surface area contributed by atoms with Gasteiger partial charge in [0.25, 0.3) is 0 Å². The van der Waals surface area contributed by atoms with Crippen molar-refractivity contribution >= 4 is 5.91 Å². The van der Waals surface area contributed by atoms with Crippen molar-refractivity contribution in [1.29, 1.82) is 0 Å². The molecular weight excluding hydrogens is 250 g/mol. The summed E-state index contributed by atoms with van der Waals surface area (Å²) in [7, 11) is 0. The summed E-state index contributed by atoms with van der Waals surface area (Å²) in [5, 5.41) is 12.8. The lowest BCUT2D eigenvalue weighted by molar-refractivity contribution is -0.121. The molecule has 0 fully saturated rings. The molecule has 0 bridgehead atoms. The highest BCUT2D eigenvalue weighted by molar-refractivity contribution is 5.79. The van der Waals surface area contributed by atoms with Crippen LogP contribution >= 0.6 is 0 Å². The Balaban J connectivity index is 1.68. The van der Waals surface area contributed by atoms with Crippen LogP contribution in [-0.4, -0.2) is 11.0 Å². The molecule has 3 rings (SSSR count). The maximum absolute atomic E-state index is 12.1. The van der Waals surface area contributed by atoms with Gasteiger partial charge >= 0.3 is 0 Å². The van der Waals surface area contributed by atoms with Crippen LogP contribution in [0.1, 0.15) is 29.2 Å². The van der Waals surface area contributed by atoms with Gasteiger partial charge in [-0.3, -0.25) is 4.79 Å². The lowest BCUT2D eigenvalue weighted by atomic mass is 10.1. The van der Waals surface area contributed by atoms with Gasteiger partial charge in [-0.05, 0) is 30.0 Å². The zero-order valence-electron chi connectivity index (χ0n) is 11.2. The van der Waals surface area contributed by atoms with Crippen molar-refractivity contribution in [1.82, 2.24) is 5.32 Å². The predicted molar refractivity (Wildman–Crippen MR) is 77.5 cm³/mol. The van der Waals surface area contributed by atoms with Crippen molar-refractivity contribution in [2.45, 2.75) is 25.3 Å². The first-order valence-corrected chi connectivity index (χ1v) is 6.88. The molecule has 2 aromatic carbocycles. The monoisotopic (exact) mass is 267 g/mol. The number of phenols is 1. The Labute approximate surface area is 118 Å². The van der Waals surface area contributed by atoms with Crippen LogP contribution in [0.2, 0.25) is 0 Å². The average Bonchev–Trinajstić information content (AvgIpc) is 2.85. The van der Waals surface area contributed by atoms with E-state index in [1.165, 1.54) is 11.1 Å². The Morgan fingerprint density at radius 1 is 1.15 bits per heavy atom. The summed E-state index contributed by atoms with van der Waals surface area (Å²) in [6.45, 7) is 0. The molecule has 0 radical (unpaired) electrons. The fourth-order valence-electron chi connectivity index (χ4n) is 2.79. The number of carbonyl (C=O) groups is 1. The maximum Gasteiger partial charge on any atom is 0.225 e. The van der Waals surface area contributed by atoms with Crippen LogP contribution in [0.5, 0.6) is 5.75 Å². The van der Waals surface area contributed by atoms with Gasteiger partial charge in [0.1, 0.15) is 5.75 Å². The van der Waals surface area contributed by atoms with Gasteiger partial charge in [0.15, 0.2) is 0 Å². The summed E-state index contributed by atoms with van der Waals surface area (Å²) in [5.41, 5.74) is 3.20. The van der Waals surface area contributed by atoms with Crippen molar-refractivity contribution in [3.63, 3.8) is 0 Å². The number of amides is 1. The SMILES string of the molecule is O=C(Cc1ccccc1O)N[C@H]1CCc2ccccc21. The second kappa shape index (κ2) is 5.37. The molecule has 0 aliphatic heterocycles. The molecule has 3 heteroatoms. The molecule has 3 nitrogen and oxygen atoms in total. The van der Waals surface area contributed by atoms with Gasteiger partial charge in [0.2, 0.25) is 5.91 Å². The summed E-state index contributed by atoms with van der Waals surface area (Å²) in [5.74, 6) is 0.127. The quantitative estimate of drug-likeness (QED) is 0.898. The minimum absolute atomic E-state index is 0.0480. The standard InChI is InChI=1S/C17H17NO2/c19-16-8-4-2-6-13(16)11-17(20)18-15-10-9-12-5-1-3-7-14(12)15/h1-8,15,19H,9-11H2,(H,18,20)/t15-/m0/s1. The van der Waals surface area contributed by atoms with Crippen molar-refractivity contribution < 1.29 is 9.90 Å². The molecule has 2 N–H and O–H groups in total. The third kappa shape index (κ3) is 2.52. The van der Waals surface area contributed by atoms with E-state index in [1.807, 2.05) is 18.2 Å². The summed E-state index contributed by atoms with van der Waals surface area (Å²) >= 11 is 0. The van der Waals surface area contributed by atoms with Crippen molar-refractivity contribution in [2.75, 3.05) is 0 Å². The molecule has 20 heavy (non-hydrogen) atoms. The molecule has 1 amide bonds. The normalized spacial score (nSPS) is 16.7. The smallest absolute Gasteiger partial charge is 0.225 e. The van der Waals surface area contributed by atoms with Crippen molar-refractivity contribution in [3.05, 3.63) is 65.2 Å². The van der Waals surface area contributed by atoms with E-state index in [-0.39, 0.29) is 24.1 Å². The predicted octanol–water partition coefficient (Wildman–Crippen LogP) is 2.74. The summed E-state index contributed by atoms with van der Waals surface area (Å²) < 4.78 is 0. The molecule has 0 unspecified atom stereocenters. The number of aryl methyl sites for hydroxylation is 1. The Morgan fingerprint density at radius 3 is 2.75 bits per heavy atom. The number of aromatic hydroxyl groups is 1. The molecule has 0 saturated heterocycles. The fraction of sp³-hybridized carbons (Fsp3) is 0.235. The number of carbonyl (C=O) groups excluding carboxylic acids is 1. The average molecular weight is 267 g/mol. The highest BCUT2D eigenvalue weighted by atomic mass is 16.3. The van der Waals surface area contributed by atoms with Crippen LogP contribution in [0.3, 0.4) is 0 Å². The molecule has 1 aliphatic rings. The molecular formula is C17H17NO2. The third-order valence-corrected chi connectivity index (χ3v) is 3.81. The van der Waals surface area contributed by atoms with Crippen LogP contribution in [0.4, 0.5) is 0 Å². The lowest BCUT2D eigenvalue weighted by Crippen LogP contribution is -2.28. The van der Waals surface area contributed by atoms with Crippen LogP contribution in [0, 0.1) is 0 Å². The fourth-order valence-corrected chi connectivity index (χ4v) is 2.79. The minimum Gasteiger partial charge on any atom is -0.508 e. The molecule has 0 heterocycles. The second-order valence-corrected chi connectivity index (χ2v) is 5.16. The molecule has 1 aliphatic carbocycles. The van der Waals surface area contributed by atoms with E-state index in [1.54, 1.807) is 18.2 Å². The van der Waals surface area contributed by atoms with E-state index in [4.69, 9.17) is 0 Å². The van der Waals surface area contributed by atoms with Crippen LogP contribution in [-0.2, 0) is 17.6 Å². The molecule has 0 saturated carbocycles. The summed E-state index contributed by atoms with van der Waals surface area (Å²) in [6, 6.07) is 15.3. The number of hydrogen-bond acceptors (Lipinski definition) is 2. The summed E-state index contributed by atoms with van der Waals surface area (Å²) in [6.07, 6.45) is 2.18. The molecule has 0 aromatic heterocycles. The lowest BCUT2D eigenvalue weighted by Gasteiger charge is -2.14. The first-order valence-electron chi connectivity index (χ1n) is 6.88. The van der Waals surface area contributed by atoms with Gasteiger partial charge < -0.3 is 10.4 Å². The van der Waals surface area contributed by atoms with E-state index in [0.717, 1.165) is 12.8 Å². The van der Waals surface area contributed by atoms with E-state index < -0.39 is 0 Å². The van der Waals surface area contributed by atoms with Gasteiger partial charge in [-0.25, -0.2) is 0 Å². The topological polar surface area (TPSA) is 49.3 Å². The second-order valence-electron chi connectivity index (χ2n) is 5.16. The Kier molecular flexibility index (Phi) is 3.42. The van der Waals surface area contributed by atoms with E-state index in [2.05, 4.69) is 17.4 Å². The number of phenolic OH excluding ortho intramolecular Hbond substituents is 1. The zero-order chi connectivity index (χ0) is 13.9. The van der Waals surface area contributed by atoms with E-state index >= 15 is 0 Å². The maximum atomic E-state index is 12.1. The first kappa shape index (κ1) is 12.7. The highest BCUT2D eigenvalue weighted by Crippen LogP contribution is 2.30. The summed E-state index contributed by atoms with van der Waals surface area (Å²) in [4.78, 5) is 12.1. The number of fused-ring (bicyclic) bond motifs is 1. The molecule has 1 atom stereocenters. The number of hydrogen-bond donors (Lipinski definition) is 2. The van der Waals surface area contributed by atoms with Crippen molar-refractivity contribution in [3.8, 4) is 5.75 Å². The largest absolute Gasteiger partial charge is 0.508 e. The van der Waals surface area contributed by atoms with E-state index in [0.29, 0.717) is 5.56 Å². The van der Waals surface area contributed by atoms with Crippen LogP contribution < -0.4 is 5.32 Å². The Hall–Kier alpha value is -2.29. The molecule has 0 spiro atoms. The number of nitrogens with one attached hydrogen (secondary N) is 1. The number of benzene rings is 2. The number of rotatable bonds is 3. The van der Waals surface area contributed by atoms with Gasteiger partial charge in [0.05, 0.1) is 12.5 Å². The first-order chi connectivity index (χ1) is 9.74. The molecule has 2 aromatic rings. The van der Waals surface area contributed by atoms with E-state index in [9.17, 15) is 9.90 Å². The highest BCUT2D eigenvalue weighted by Gasteiger charge is 2.23. The minimum atomic E-state index is -0.0480. The third-order valence-electron chi connectivity index (χ3n) is 3.81. The Bertz CT molecular complexity index is 636.